The van der Waals surface area contributed by atoms with E-state index in [-0.39, 0.29) is 12.4 Å². The van der Waals surface area contributed by atoms with Crippen molar-refractivity contribution in [1.82, 2.24) is 0 Å². The van der Waals surface area contributed by atoms with Crippen LogP contribution < -0.4 is 0 Å². The fraction of sp³-hybridized carbons (Fsp3) is 0.167. The molecule has 1 aromatic carbocycles. The van der Waals surface area contributed by atoms with Gasteiger partial charge in [-0.25, -0.2) is 4.39 Å². The van der Waals surface area contributed by atoms with E-state index in [1.54, 1.807) is 6.07 Å². The molecule has 0 spiro atoms. The van der Waals surface area contributed by atoms with E-state index in [9.17, 15) is 4.39 Å². The predicted molar refractivity (Wildman–Crippen MR) is 54.8 cm³/mol. The van der Waals surface area contributed by atoms with Crippen LogP contribution >= 0.6 is 0 Å². The van der Waals surface area contributed by atoms with Gasteiger partial charge in [-0.15, -0.1) is 0 Å². The van der Waals surface area contributed by atoms with Gasteiger partial charge in [-0.2, -0.15) is 0 Å². The molecule has 0 aliphatic carbocycles. The molecule has 2 nitrogen and oxygen atoms in total. The summed E-state index contributed by atoms with van der Waals surface area (Å²) in [5.41, 5.74) is 1.26. The van der Waals surface area contributed by atoms with Gasteiger partial charge in [0.2, 0.25) is 0 Å². The maximum absolute atomic E-state index is 12.9. The molecule has 1 heterocycles. The van der Waals surface area contributed by atoms with Crippen LogP contribution in [0.4, 0.5) is 4.39 Å². The summed E-state index contributed by atoms with van der Waals surface area (Å²) in [5, 5.41) is 9.10. The molecule has 0 amide bonds. The van der Waals surface area contributed by atoms with Gasteiger partial charge in [0.1, 0.15) is 17.3 Å². The number of hydrogen-bond acceptors (Lipinski definition) is 2. The number of aliphatic hydroxyl groups is 1. The van der Waals surface area contributed by atoms with Crippen LogP contribution in [0, 0.1) is 12.7 Å². The van der Waals surface area contributed by atoms with Crippen molar-refractivity contribution in [2.45, 2.75) is 13.5 Å². The molecule has 0 aliphatic rings. The van der Waals surface area contributed by atoms with E-state index in [1.807, 2.05) is 19.1 Å². The zero-order valence-corrected chi connectivity index (χ0v) is 8.33. The normalized spacial score (nSPS) is 10.6. The number of halogens is 1. The third-order valence-corrected chi connectivity index (χ3v) is 2.24. The molecule has 0 radical (unpaired) electrons. The van der Waals surface area contributed by atoms with E-state index >= 15 is 0 Å². The molecule has 0 fully saturated rings. The average molecular weight is 206 g/mol. The number of benzene rings is 1. The molecule has 0 bridgehead atoms. The second-order valence-corrected chi connectivity index (χ2v) is 3.37. The van der Waals surface area contributed by atoms with Gasteiger partial charge in [0, 0.05) is 5.56 Å². The molecule has 0 saturated heterocycles. The summed E-state index contributed by atoms with van der Waals surface area (Å²) in [6, 6.07) is 7.92. The lowest BCUT2D eigenvalue weighted by molar-refractivity contribution is 0.281. The average Bonchev–Trinajstić information content (AvgIpc) is 2.64. The van der Waals surface area contributed by atoms with E-state index in [0.717, 1.165) is 11.3 Å². The van der Waals surface area contributed by atoms with Crippen molar-refractivity contribution < 1.29 is 13.9 Å². The zero-order chi connectivity index (χ0) is 10.8. The van der Waals surface area contributed by atoms with Crippen LogP contribution in [0.5, 0.6) is 0 Å². The lowest BCUT2D eigenvalue weighted by Gasteiger charge is -2.04. The van der Waals surface area contributed by atoms with Crippen molar-refractivity contribution in [2.24, 2.45) is 0 Å². The molecule has 15 heavy (non-hydrogen) atoms. The fourth-order valence-electron chi connectivity index (χ4n) is 1.51. The van der Waals surface area contributed by atoms with Crippen LogP contribution in [-0.4, -0.2) is 5.11 Å². The molecule has 0 saturated carbocycles. The number of hydrogen-bond donors (Lipinski definition) is 1. The number of aliphatic hydroxyl groups excluding tert-OH is 1. The highest BCUT2D eigenvalue weighted by Gasteiger charge is 2.08. The molecule has 2 aromatic rings. The molecule has 0 atom stereocenters. The van der Waals surface area contributed by atoms with Crippen molar-refractivity contribution >= 4 is 0 Å². The molecule has 0 aliphatic heterocycles. The largest absolute Gasteiger partial charge is 0.461 e. The second-order valence-electron chi connectivity index (χ2n) is 3.37. The van der Waals surface area contributed by atoms with E-state index in [1.165, 1.54) is 12.1 Å². The summed E-state index contributed by atoms with van der Waals surface area (Å²) in [6.45, 7) is 1.64. The molecular formula is C12H11FO2. The lowest BCUT2D eigenvalue weighted by atomic mass is 10.1. The maximum atomic E-state index is 12.9. The van der Waals surface area contributed by atoms with Crippen LogP contribution in [0.25, 0.3) is 11.3 Å². The van der Waals surface area contributed by atoms with Crippen molar-refractivity contribution in [3.05, 3.63) is 47.5 Å². The Morgan fingerprint density at radius 1 is 1.27 bits per heavy atom. The Kier molecular flexibility index (Phi) is 2.56. The summed E-state index contributed by atoms with van der Waals surface area (Å²) in [6.07, 6.45) is 0. The zero-order valence-electron chi connectivity index (χ0n) is 8.33. The first-order valence-electron chi connectivity index (χ1n) is 4.67. The van der Waals surface area contributed by atoms with Gasteiger partial charge in [0.25, 0.3) is 0 Å². The Morgan fingerprint density at radius 2 is 2.07 bits per heavy atom. The quantitative estimate of drug-likeness (QED) is 0.819. The minimum atomic E-state index is -0.355. The molecule has 0 unspecified atom stereocenters. The highest BCUT2D eigenvalue weighted by Crippen LogP contribution is 2.26. The fourth-order valence-corrected chi connectivity index (χ4v) is 1.51. The number of furan rings is 1. The Labute approximate surface area is 87.0 Å². The Morgan fingerprint density at radius 3 is 2.67 bits per heavy atom. The number of aryl methyl sites for hydroxylation is 1. The molecule has 1 aromatic heterocycles. The minimum Gasteiger partial charge on any atom is -0.461 e. The van der Waals surface area contributed by atoms with Crippen LogP contribution in [0.2, 0.25) is 0 Å². The van der Waals surface area contributed by atoms with Gasteiger partial charge in [-0.3, -0.25) is 0 Å². The van der Waals surface area contributed by atoms with Gasteiger partial charge in [-0.1, -0.05) is 0 Å². The van der Waals surface area contributed by atoms with Gasteiger partial charge >= 0.3 is 0 Å². The summed E-state index contributed by atoms with van der Waals surface area (Å²) in [4.78, 5) is 0. The Bertz CT molecular complexity index is 474. The van der Waals surface area contributed by atoms with Crippen molar-refractivity contribution in [3.8, 4) is 11.3 Å². The highest BCUT2D eigenvalue weighted by molar-refractivity contribution is 5.62. The van der Waals surface area contributed by atoms with E-state index in [0.29, 0.717) is 11.3 Å². The van der Waals surface area contributed by atoms with Gasteiger partial charge in [0.05, 0.1) is 6.61 Å². The first kappa shape index (κ1) is 9.93. The number of rotatable bonds is 2. The minimum absolute atomic E-state index is 0.202. The van der Waals surface area contributed by atoms with Gasteiger partial charge in [-0.05, 0) is 42.8 Å². The summed E-state index contributed by atoms with van der Waals surface area (Å²) in [5.74, 6) is 1.08. The molecule has 3 heteroatoms. The first-order chi connectivity index (χ1) is 7.20. The monoisotopic (exact) mass is 206 g/mol. The highest BCUT2D eigenvalue weighted by atomic mass is 19.1. The molecular weight excluding hydrogens is 195 g/mol. The van der Waals surface area contributed by atoms with Crippen LogP contribution in [0.3, 0.4) is 0 Å². The maximum Gasteiger partial charge on any atom is 0.134 e. The van der Waals surface area contributed by atoms with Crippen molar-refractivity contribution in [1.29, 1.82) is 0 Å². The van der Waals surface area contributed by atoms with Crippen LogP contribution in [-0.2, 0) is 6.61 Å². The van der Waals surface area contributed by atoms with Crippen molar-refractivity contribution in [2.75, 3.05) is 0 Å². The molecule has 78 valence electrons. The third-order valence-electron chi connectivity index (χ3n) is 2.24. The summed E-state index contributed by atoms with van der Waals surface area (Å²) < 4.78 is 18.3. The first-order valence-corrected chi connectivity index (χ1v) is 4.67. The SMILES string of the molecule is Cc1ccc(-c2ccc(F)cc2CO)o1. The third kappa shape index (κ3) is 1.92. The van der Waals surface area contributed by atoms with Gasteiger partial charge < -0.3 is 9.52 Å². The summed E-state index contributed by atoms with van der Waals surface area (Å²) >= 11 is 0. The van der Waals surface area contributed by atoms with Crippen molar-refractivity contribution in [3.63, 3.8) is 0 Å². The van der Waals surface area contributed by atoms with E-state index in [2.05, 4.69) is 0 Å². The Balaban J connectivity index is 2.52. The van der Waals surface area contributed by atoms with Gasteiger partial charge in [0.15, 0.2) is 0 Å². The van der Waals surface area contributed by atoms with E-state index < -0.39 is 0 Å². The molecule has 2 rings (SSSR count). The van der Waals surface area contributed by atoms with Crippen LogP contribution in [0.1, 0.15) is 11.3 Å². The Hall–Kier alpha value is -1.61. The lowest BCUT2D eigenvalue weighted by Crippen LogP contribution is -1.89. The topological polar surface area (TPSA) is 33.4 Å². The van der Waals surface area contributed by atoms with Crippen LogP contribution in [0.15, 0.2) is 34.7 Å². The smallest absolute Gasteiger partial charge is 0.134 e. The predicted octanol–water partition coefficient (Wildman–Crippen LogP) is 2.89. The molecule has 1 N–H and O–H groups in total. The summed E-state index contributed by atoms with van der Waals surface area (Å²) in [7, 11) is 0. The standard InChI is InChI=1S/C12H11FO2/c1-8-2-5-12(15-8)11-4-3-10(13)6-9(11)7-14/h2-6,14H,7H2,1H3. The second kappa shape index (κ2) is 3.87. The van der Waals surface area contributed by atoms with E-state index in [4.69, 9.17) is 9.52 Å².